The van der Waals surface area contributed by atoms with Crippen molar-refractivity contribution in [1.82, 2.24) is 14.9 Å². The van der Waals surface area contributed by atoms with Crippen LogP contribution in [0.15, 0.2) is 24.4 Å². The third-order valence-electron chi connectivity index (χ3n) is 3.43. The molecule has 2 aromatic heterocycles. The zero-order valence-electron chi connectivity index (χ0n) is 12.1. The molecule has 3 rings (SSSR count). The number of aromatic nitrogens is 2. The molecule has 1 fully saturated rings. The van der Waals surface area contributed by atoms with E-state index in [0.29, 0.717) is 25.5 Å². The predicted octanol–water partition coefficient (Wildman–Crippen LogP) is 2.37. The fraction of sp³-hybridized carbons (Fsp3) is 0.400. The van der Waals surface area contributed by atoms with Gasteiger partial charge in [-0.25, -0.2) is 9.97 Å². The highest BCUT2D eigenvalue weighted by Gasteiger charge is 2.27. The summed E-state index contributed by atoms with van der Waals surface area (Å²) in [6.45, 7) is 5.54. The van der Waals surface area contributed by atoms with Crippen molar-refractivity contribution in [1.29, 1.82) is 0 Å². The van der Waals surface area contributed by atoms with Crippen LogP contribution < -0.4 is 0 Å². The second-order valence-corrected chi connectivity index (χ2v) is 6.34. The average molecular weight is 303 g/mol. The monoisotopic (exact) mass is 303 g/mol. The minimum absolute atomic E-state index is 0.0761. The molecule has 2 aromatic rings. The first-order valence-corrected chi connectivity index (χ1v) is 7.72. The predicted molar refractivity (Wildman–Crippen MR) is 80.4 cm³/mol. The number of hydrogen-bond donors (Lipinski definition) is 0. The molecular weight excluding hydrogens is 286 g/mol. The Balaban J connectivity index is 1.75. The summed E-state index contributed by atoms with van der Waals surface area (Å²) in [5.41, 5.74) is 0.836. The van der Waals surface area contributed by atoms with E-state index in [1.165, 1.54) is 11.3 Å². The molecule has 110 valence electrons. The Kier molecular flexibility index (Phi) is 3.98. The topological polar surface area (TPSA) is 55.3 Å². The second kappa shape index (κ2) is 5.91. The van der Waals surface area contributed by atoms with Crippen LogP contribution >= 0.6 is 11.3 Å². The van der Waals surface area contributed by atoms with E-state index >= 15 is 0 Å². The lowest BCUT2D eigenvalue weighted by Crippen LogP contribution is -2.42. The van der Waals surface area contributed by atoms with Crippen molar-refractivity contribution >= 4 is 17.2 Å². The molecule has 0 aromatic carbocycles. The molecule has 0 unspecified atom stereocenters. The van der Waals surface area contributed by atoms with Crippen molar-refractivity contribution in [3.05, 3.63) is 45.7 Å². The molecule has 0 radical (unpaired) electrons. The maximum absolute atomic E-state index is 12.5. The molecule has 3 heterocycles. The summed E-state index contributed by atoms with van der Waals surface area (Å²) in [6.07, 6.45) is 1.55. The lowest BCUT2D eigenvalue weighted by molar-refractivity contribution is -0.0246. The molecular formula is C15H17N3O2S. The van der Waals surface area contributed by atoms with Gasteiger partial charge in [-0.05, 0) is 32.0 Å². The van der Waals surface area contributed by atoms with Gasteiger partial charge in [-0.15, -0.1) is 11.3 Å². The van der Waals surface area contributed by atoms with Crippen molar-refractivity contribution in [2.75, 3.05) is 19.7 Å². The van der Waals surface area contributed by atoms with Crippen molar-refractivity contribution in [3.63, 3.8) is 0 Å². The van der Waals surface area contributed by atoms with E-state index in [1.807, 2.05) is 36.9 Å². The molecule has 0 spiro atoms. The molecule has 6 heteroatoms. The number of rotatable bonds is 2. The number of ether oxygens (including phenoxy) is 1. The summed E-state index contributed by atoms with van der Waals surface area (Å²) in [7, 11) is 0. The Hall–Kier alpha value is -1.79. The zero-order chi connectivity index (χ0) is 14.8. The molecule has 1 saturated heterocycles. The highest BCUT2D eigenvalue weighted by Crippen LogP contribution is 2.23. The quantitative estimate of drug-likeness (QED) is 0.854. The summed E-state index contributed by atoms with van der Waals surface area (Å²) >= 11 is 1.53. The normalized spacial score (nSPS) is 18.8. The van der Waals surface area contributed by atoms with Crippen LogP contribution in [0.2, 0.25) is 0 Å². The van der Waals surface area contributed by atoms with Crippen LogP contribution in [0.3, 0.4) is 0 Å². The molecule has 1 atom stereocenters. The van der Waals surface area contributed by atoms with Crippen LogP contribution in [-0.2, 0) is 4.74 Å². The van der Waals surface area contributed by atoms with Crippen molar-refractivity contribution in [3.8, 4) is 0 Å². The lowest BCUT2D eigenvalue weighted by atomic mass is 10.2. The Morgan fingerprint density at radius 1 is 1.38 bits per heavy atom. The van der Waals surface area contributed by atoms with Crippen LogP contribution in [0.1, 0.15) is 32.2 Å². The number of carbonyl (C=O) groups excluding carboxylic acids is 1. The Bertz CT molecular complexity index is 656. The van der Waals surface area contributed by atoms with Crippen molar-refractivity contribution in [2.45, 2.75) is 20.0 Å². The number of hydrogen-bond acceptors (Lipinski definition) is 5. The summed E-state index contributed by atoms with van der Waals surface area (Å²) in [4.78, 5) is 24.8. The first kappa shape index (κ1) is 14.2. The Morgan fingerprint density at radius 2 is 2.24 bits per heavy atom. The number of morpholine rings is 1. The van der Waals surface area contributed by atoms with Gasteiger partial charge in [-0.1, -0.05) is 0 Å². The maximum Gasteiger partial charge on any atom is 0.264 e. The molecule has 1 amide bonds. The lowest BCUT2D eigenvalue weighted by Gasteiger charge is -2.32. The molecule has 1 aliphatic heterocycles. The fourth-order valence-corrected chi connectivity index (χ4v) is 3.21. The number of nitrogens with zero attached hydrogens (tertiary/aromatic N) is 3. The Labute approximate surface area is 127 Å². The van der Waals surface area contributed by atoms with Gasteiger partial charge in [0.15, 0.2) is 0 Å². The largest absolute Gasteiger partial charge is 0.368 e. The standard InChI is InChI=1S/C15H17N3O2S/c1-10-3-4-14(21-10)15(19)18-7-8-20-13(9-18)12-5-6-16-11(2)17-12/h3-6,13H,7-9H2,1-2H3/t13-/m1/s1. The van der Waals surface area contributed by atoms with E-state index in [9.17, 15) is 4.79 Å². The summed E-state index contributed by atoms with van der Waals surface area (Å²) in [6, 6.07) is 5.71. The van der Waals surface area contributed by atoms with Crippen LogP contribution in [0.4, 0.5) is 0 Å². The van der Waals surface area contributed by atoms with Crippen molar-refractivity contribution in [2.24, 2.45) is 0 Å². The van der Waals surface area contributed by atoms with Gasteiger partial charge in [0.05, 0.1) is 23.7 Å². The third-order valence-corrected chi connectivity index (χ3v) is 4.42. The van der Waals surface area contributed by atoms with Gasteiger partial charge in [-0.2, -0.15) is 0 Å². The van der Waals surface area contributed by atoms with E-state index in [2.05, 4.69) is 9.97 Å². The molecule has 5 nitrogen and oxygen atoms in total. The number of carbonyl (C=O) groups is 1. The van der Waals surface area contributed by atoms with Gasteiger partial charge in [0.2, 0.25) is 0 Å². The van der Waals surface area contributed by atoms with Gasteiger partial charge in [0.25, 0.3) is 5.91 Å². The third kappa shape index (κ3) is 3.11. The van der Waals surface area contributed by atoms with Gasteiger partial charge >= 0.3 is 0 Å². The highest BCUT2D eigenvalue weighted by atomic mass is 32.1. The van der Waals surface area contributed by atoms with Gasteiger partial charge in [-0.3, -0.25) is 4.79 Å². The van der Waals surface area contributed by atoms with Crippen LogP contribution in [0.25, 0.3) is 0 Å². The van der Waals surface area contributed by atoms with E-state index in [0.717, 1.165) is 15.4 Å². The molecule has 21 heavy (non-hydrogen) atoms. The number of aryl methyl sites for hydroxylation is 2. The molecule has 0 saturated carbocycles. The first-order chi connectivity index (χ1) is 10.1. The van der Waals surface area contributed by atoms with E-state index in [4.69, 9.17) is 4.74 Å². The van der Waals surface area contributed by atoms with Crippen LogP contribution in [0, 0.1) is 13.8 Å². The fourth-order valence-electron chi connectivity index (χ4n) is 2.37. The minimum Gasteiger partial charge on any atom is -0.368 e. The molecule has 1 aliphatic rings. The maximum atomic E-state index is 12.5. The van der Waals surface area contributed by atoms with Gasteiger partial charge in [0, 0.05) is 17.6 Å². The van der Waals surface area contributed by atoms with E-state index in [-0.39, 0.29) is 12.0 Å². The highest BCUT2D eigenvalue weighted by molar-refractivity contribution is 7.13. The van der Waals surface area contributed by atoms with E-state index in [1.54, 1.807) is 6.20 Å². The molecule has 0 N–H and O–H groups in total. The SMILES string of the molecule is Cc1nccc([C@H]2CN(C(=O)c3ccc(C)s3)CCO2)n1. The Morgan fingerprint density at radius 3 is 2.95 bits per heavy atom. The zero-order valence-corrected chi connectivity index (χ0v) is 12.9. The minimum atomic E-state index is -0.176. The summed E-state index contributed by atoms with van der Waals surface area (Å²) in [5.74, 6) is 0.792. The molecule has 0 aliphatic carbocycles. The summed E-state index contributed by atoms with van der Waals surface area (Å²) in [5, 5.41) is 0. The first-order valence-electron chi connectivity index (χ1n) is 6.90. The second-order valence-electron chi connectivity index (χ2n) is 5.05. The van der Waals surface area contributed by atoms with Gasteiger partial charge in [0.1, 0.15) is 11.9 Å². The molecule has 0 bridgehead atoms. The smallest absolute Gasteiger partial charge is 0.264 e. The average Bonchev–Trinajstić information content (AvgIpc) is 2.93. The van der Waals surface area contributed by atoms with Crippen molar-refractivity contribution < 1.29 is 9.53 Å². The number of amides is 1. The number of thiophene rings is 1. The van der Waals surface area contributed by atoms with Crippen LogP contribution in [0.5, 0.6) is 0 Å². The van der Waals surface area contributed by atoms with Gasteiger partial charge < -0.3 is 9.64 Å². The van der Waals surface area contributed by atoms with E-state index < -0.39 is 0 Å². The van der Waals surface area contributed by atoms with Crippen LogP contribution in [-0.4, -0.2) is 40.5 Å². The summed E-state index contributed by atoms with van der Waals surface area (Å²) < 4.78 is 5.76.